The third-order valence-corrected chi connectivity index (χ3v) is 4.97. The van der Waals surface area contributed by atoms with Crippen molar-refractivity contribution in [3.05, 3.63) is 66.7 Å². The van der Waals surface area contributed by atoms with Gasteiger partial charge in [-0.1, -0.05) is 12.1 Å². The van der Waals surface area contributed by atoms with Gasteiger partial charge in [-0.15, -0.1) is 0 Å². The highest BCUT2D eigenvalue weighted by Crippen LogP contribution is 2.30. The number of halogens is 1. The number of aromatic nitrogens is 3. The van der Waals surface area contributed by atoms with Crippen LogP contribution in [0.1, 0.15) is 0 Å². The lowest BCUT2D eigenvalue weighted by Crippen LogP contribution is -2.11. The van der Waals surface area contributed by atoms with Crippen molar-refractivity contribution < 1.29 is 12.8 Å². The number of benzene rings is 2. The number of rotatable bonds is 3. The molecule has 0 aliphatic rings. The van der Waals surface area contributed by atoms with E-state index in [0.29, 0.717) is 11.3 Å². The van der Waals surface area contributed by atoms with E-state index in [1.165, 1.54) is 30.6 Å². The van der Waals surface area contributed by atoms with Gasteiger partial charge in [0.05, 0.1) is 10.6 Å². The van der Waals surface area contributed by atoms with Crippen LogP contribution in [0.2, 0.25) is 0 Å². The molecular weight excluding hydrogens is 355 g/mol. The summed E-state index contributed by atoms with van der Waals surface area (Å²) in [6, 6.07) is 14.2. The number of sulfonamides is 1. The number of nitrogens with one attached hydrogen (secondary N) is 1. The smallest absolute Gasteiger partial charge is 0.238 e. The largest absolute Gasteiger partial charge is 0.339 e. The second kappa shape index (κ2) is 6.01. The number of hydrogen-bond acceptors (Lipinski definition) is 4. The summed E-state index contributed by atoms with van der Waals surface area (Å²) < 4.78 is 35.9. The van der Waals surface area contributed by atoms with E-state index in [-0.39, 0.29) is 10.7 Å². The first-order valence-electron chi connectivity index (χ1n) is 7.65. The maximum Gasteiger partial charge on any atom is 0.238 e. The van der Waals surface area contributed by atoms with Gasteiger partial charge in [0.25, 0.3) is 0 Å². The molecule has 4 aromatic rings. The van der Waals surface area contributed by atoms with E-state index in [1.54, 1.807) is 24.3 Å². The number of H-pyrrole nitrogens is 1. The summed E-state index contributed by atoms with van der Waals surface area (Å²) in [5.74, 6) is -0.305. The maximum atomic E-state index is 13.1. The number of hydrogen-bond donors (Lipinski definition) is 2. The molecule has 2 aromatic heterocycles. The maximum absolute atomic E-state index is 13.1. The van der Waals surface area contributed by atoms with E-state index < -0.39 is 10.0 Å². The Morgan fingerprint density at radius 2 is 1.58 bits per heavy atom. The van der Waals surface area contributed by atoms with Gasteiger partial charge in [-0.3, -0.25) is 0 Å². The van der Waals surface area contributed by atoms with Gasteiger partial charge in [-0.05, 0) is 48.0 Å². The molecule has 3 N–H and O–H groups in total. The van der Waals surface area contributed by atoms with Crippen LogP contribution in [0.5, 0.6) is 0 Å². The fourth-order valence-corrected chi connectivity index (χ4v) is 3.27. The number of nitrogens with zero attached hydrogens (tertiary/aromatic N) is 2. The predicted octanol–water partition coefficient (Wildman–Crippen LogP) is 3.08. The molecule has 2 heterocycles. The zero-order chi connectivity index (χ0) is 18.3. The molecule has 0 aliphatic carbocycles. The third-order valence-electron chi connectivity index (χ3n) is 4.04. The Labute approximate surface area is 148 Å². The molecule has 6 nitrogen and oxygen atoms in total. The first kappa shape index (κ1) is 16.4. The Balaban J connectivity index is 1.82. The molecule has 0 bridgehead atoms. The zero-order valence-electron chi connectivity index (χ0n) is 13.3. The highest BCUT2D eigenvalue weighted by atomic mass is 32.2. The van der Waals surface area contributed by atoms with Gasteiger partial charge in [0.2, 0.25) is 10.0 Å². The molecule has 130 valence electrons. The van der Waals surface area contributed by atoms with Crippen molar-refractivity contribution in [2.75, 3.05) is 0 Å². The molecule has 0 spiro atoms. The standard InChI is InChI=1S/C18H13FN4O2S/c19-13-5-1-11(2-6-13)16-9-15-17(21-10-22-18(15)23-16)12-3-7-14(8-4-12)26(20,24)25/h1-10H,(H2,20,24,25)(H,21,22,23). The van der Waals surface area contributed by atoms with Gasteiger partial charge >= 0.3 is 0 Å². The summed E-state index contributed by atoms with van der Waals surface area (Å²) in [5, 5.41) is 5.90. The molecule has 0 saturated heterocycles. The number of aromatic amines is 1. The minimum atomic E-state index is -3.75. The Morgan fingerprint density at radius 3 is 2.23 bits per heavy atom. The van der Waals surface area contributed by atoms with Crippen LogP contribution in [-0.4, -0.2) is 23.4 Å². The SMILES string of the molecule is NS(=O)(=O)c1ccc(-c2ncnc3[nH]c(-c4ccc(F)cc4)cc23)cc1. The van der Waals surface area contributed by atoms with Crippen LogP contribution in [0.25, 0.3) is 33.5 Å². The predicted molar refractivity (Wildman–Crippen MR) is 96.1 cm³/mol. The number of fused-ring (bicyclic) bond motifs is 1. The summed E-state index contributed by atoms with van der Waals surface area (Å²) in [4.78, 5) is 11.8. The van der Waals surface area contributed by atoms with Crippen LogP contribution in [0.3, 0.4) is 0 Å². The van der Waals surface area contributed by atoms with Gasteiger partial charge in [-0.2, -0.15) is 0 Å². The second-order valence-electron chi connectivity index (χ2n) is 5.74. The number of nitrogens with two attached hydrogens (primary N) is 1. The molecule has 0 radical (unpaired) electrons. The highest BCUT2D eigenvalue weighted by molar-refractivity contribution is 7.89. The van der Waals surface area contributed by atoms with E-state index in [9.17, 15) is 12.8 Å². The summed E-state index contributed by atoms with van der Waals surface area (Å²) in [5.41, 5.74) is 3.61. The van der Waals surface area contributed by atoms with Gasteiger partial charge in [0.15, 0.2) is 0 Å². The minimum absolute atomic E-state index is 0.0348. The molecule has 0 saturated carbocycles. The van der Waals surface area contributed by atoms with E-state index >= 15 is 0 Å². The van der Waals surface area contributed by atoms with E-state index in [2.05, 4.69) is 15.0 Å². The lowest BCUT2D eigenvalue weighted by molar-refractivity contribution is 0.598. The van der Waals surface area contributed by atoms with Gasteiger partial charge in [0, 0.05) is 16.6 Å². The van der Waals surface area contributed by atoms with E-state index in [0.717, 1.165) is 22.2 Å². The quantitative estimate of drug-likeness (QED) is 0.580. The molecule has 26 heavy (non-hydrogen) atoms. The Kier molecular flexibility index (Phi) is 3.78. The lowest BCUT2D eigenvalue weighted by atomic mass is 10.1. The van der Waals surface area contributed by atoms with Crippen molar-refractivity contribution in [1.82, 2.24) is 15.0 Å². The first-order valence-corrected chi connectivity index (χ1v) is 9.19. The molecule has 4 rings (SSSR count). The number of primary sulfonamides is 1. The average molecular weight is 368 g/mol. The molecule has 2 aromatic carbocycles. The Bertz CT molecular complexity index is 1200. The fraction of sp³-hybridized carbons (Fsp3) is 0. The van der Waals surface area contributed by atoms with Crippen molar-refractivity contribution in [1.29, 1.82) is 0 Å². The molecule has 0 aliphatic heterocycles. The molecule has 8 heteroatoms. The topological polar surface area (TPSA) is 102 Å². The summed E-state index contributed by atoms with van der Waals surface area (Å²) in [6.45, 7) is 0. The summed E-state index contributed by atoms with van der Waals surface area (Å²) in [6.07, 6.45) is 1.43. The van der Waals surface area contributed by atoms with Crippen LogP contribution in [-0.2, 0) is 10.0 Å². The van der Waals surface area contributed by atoms with Crippen molar-refractivity contribution >= 4 is 21.1 Å². The van der Waals surface area contributed by atoms with Crippen molar-refractivity contribution in [3.63, 3.8) is 0 Å². The van der Waals surface area contributed by atoms with Crippen LogP contribution in [0.4, 0.5) is 4.39 Å². The second-order valence-corrected chi connectivity index (χ2v) is 7.31. The molecule has 0 fully saturated rings. The van der Waals surface area contributed by atoms with E-state index in [1.807, 2.05) is 6.07 Å². The molecule has 0 amide bonds. The van der Waals surface area contributed by atoms with Crippen LogP contribution < -0.4 is 5.14 Å². The van der Waals surface area contributed by atoms with Crippen molar-refractivity contribution in [2.45, 2.75) is 4.90 Å². The minimum Gasteiger partial charge on any atom is -0.339 e. The average Bonchev–Trinajstić information content (AvgIpc) is 3.06. The Hall–Kier alpha value is -3.10. The van der Waals surface area contributed by atoms with E-state index in [4.69, 9.17) is 5.14 Å². The molecule has 0 atom stereocenters. The molecular formula is C18H13FN4O2S. The van der Waals surface area contributed by atoms with Crippen molar-refractivity contribution in [3.8, 4) is 22.5 Å². The first-order chi connectivity index (χ1) is 12.4. The van der Waals surface area contributed by atoms with Gasteiger partial charge < -0.3 is 4.98 Å². The lowest BCUT2D eigenvalue weighted by Gasteiger charge is -2.03. The monoisotopic (exact) mass is 368 g/mol. The third kappa shape index (κ3) is 2.96. The van der Waals surface area contributed by atoms with Gasteiger partial charge in [-0.25, -0.2) is 27.9 Å². The fourth-order valence-electron chi connectivity index (χ4n) is 2.76. The van der Waals surface area contributed by atoms with Crippen LogP contribution in [0, 0.1) is 5.82 Å². The highest BCUT2D eigenvalue weighted by Gasteiger charge is 2.13. The van der Waals surface area contributed by atoms with Gasteiger partial charge in [0.1, 0.15) is 17.8 Å². The van der Waals surface area contributed by atoms with Crippen LogP contribution >= 0.6 is 0 Å². The Morgan fingerprint density at radius 1 is 0.923 bits per heavy atom. The molecule has 0 unspecified atom stereocenters. The summed E-state index contributed by atoms with van der Waals surface area (Å²) >= 11 is 0. The zero-order valence-corrected chi connectivity index (χ0v) is 14.2. The van der Waals surface area contributed by atoms with Crippen LogP contribution in [0.15, 0.2) is 65.8 Å². The summed E-state index contributed by atoms with van der Waals surface area (Å²) in [7, 11) is -3.75. The van der Waals surface area contributed by atoms with Crippen molar-refractivity contribution in [2.24, 2.45) is 5.14 Å². The normalized spacial score (nSPS) is 11.8.